The summed E-state index contributed by atoms with van der Waals surface area (Å²) in [5, 5.41) is 5.77. The van der Waals surface area contributed by atoms with Crippen molar-refractivity contribution in [3.8, 4) is 0 Å². The summed E-state index contributed by atoms with van der Waals surface area (Å²) < 4.78 is 0. The topological polar surface area (TPSA) is 98.8 Å². The highest BCUT2D eigenvalue weighted by atomic mass is 16.2. The van der Waals surface area contributed by atoms with Crippen molar-refractivity contribution in [2.75, 3.05) is 19.6 Å². The number of nitrogens with zero attached hydrogens (tertiary/aromatic N) is 2. The van der Waals surface area contributed by atoms with E-state index in [4.69, 9.17) is 0 Å². The summed E-state index contributed by atoms with van der Waals surface area (Å²) in [6, 6.07) is 8.48. The molecule has 0 unspecified atom stereocenters. The number of piperidine rings is 2. The molecule has 34 heavy (non-hydrogen) atoms. The van der Waals surface area contributed by atoms with Crippen LogP contribution in [0.15, 0.2) is 30.3 Å². The Balaban J connectivity index is 1.49. The molecule has 3 saturated heterocycles. The van der Waals surface area contributed by atoms with E-state index in [1.807, 2.05) is 40.1 Å². The SMILES string of the molecule is CC(=O)N1C[C@@H]2C[C@H](C1)[C@@H]1CCCC(=O)N[C@@H](CCc3ccccc3)C(=O)N[C@H](C)C(=O)N1C2. The van der Waals surface area contributed by atoms with Gasteiger partial charge in [-0.25, -0.2) is 0 Å². The van der Waals surface area contributed by atoms with Crippen LogP contribution in [0.5, 0.6) is 0 Å². The predicted molar refractivity (Wildman–Crippen MR) is 128 cm³/mol. The van der Waals surface area contributed by atoms with Crippen LogP contribution in [-0.2, 0) is 25.6 Å². The van der Waals surface area contributed by atoms with Crippen molar-refractivity contribution < 1.29 is 19.2 Å². The second kappa shape index (κ2) is 10.6. The van der Waals surface area contributed by atoms with Gasteiger partial charge >= 0.3 is 0 Å². The number of hydrogen-bond acceptors (Lipinski definition) is 4. The molecule has 8 heteroatoms. The molecule has 0 radical (unpaired) electrons. The number of rotatable bonds is 3. The van der Waals surface area contributed by atoms with Crippen LogP contribution < -0.4 is 10.6 Å². The Bertz CT molecular complexity index is 921. The number of likely N-dealkylation sites (tertiary alicyclic amines) is 1. The van der Waals surface area contributed by atoms with E-state index in [-0.39, 0.29) is 41.5 Å². The summed E-state index contributed by atoms with van der Waals surface area (Å²) in [7, 11) is 0. The summed E-state index contributed by atoms with van der Waals surface area (Å²) in [6.07, 6.45) is 3.80. The maximum absolute atomic E-state index is 13.5. The Morgan fingerprint density at radius 3 is 2.56 bits per heavy atom. The average molecular weight is 469 g/mol. The van der Waals surface area contributed by atoms with E-state index in [0.717, 1.165) is 18.4 Å². The fourth-order valence-corrected chi connectivity index (χ4v) is 5.81. The number of fused-ring (bicyclic) bond motifs is 4. The first-order valence-electron chi connectivity index (χ1n) is 12.5. The van der Waals surface area contributed by atoms with Crippen LogP contribution in [0.25, 0.3) is 0 Å². The van der Waals surface area contributed by atoms with E-state index in [9.17, 15) is 19.2 Å². The lowest BCUT2D eigenvalue weighted by molar-refractivity contribution is -0.148. The number of nitrogens with one attached hydrogen (secondary N) is 2. The molecule has 1 aromatic rings. The summed E-state index contributed by atoms with van der Waals surface area (Å²) in [6.45, 7) is 5.24. The molecular weight excluding hydrogens is 432 g/mol. The molecule has 184 valence electrons. The smallest absolute Gasteiger partial charge is 0.245 e. The standard InChI is InChI=1S/C26H36N4O4/c1-17-26(34)30-15-20-13-21(16-29(14-20)18(2)31)23(30)9-6-10-24(32)28-22(25(33)27-17)12-11-19-7-4-3-5-8-19/h3-5,7-8,17,20-23H,6,9-16H2,1-2H3,(H,27,33)(H,28,32)/t17-,20+,21-,22+,23+/m1/s1. The van der Waals surface area contributed by atoms with Crippen LogP contribution in [0.3, 0.4) is 0 Å². The lowest BCUT2D eigenvalue weighted by Gasteiger charge is -2.51. The quantitative estimate of drug-likeness (QED) is 0.702. The minimum Gasteiger partial charge on any atom is -0.344 e. The van der Waals surface area contributed by atoms with Crippen LogP contribution in [0, 0.1) is 11.8 Å². The van der Waals surface area contributed by atoms with Crippen LogP contribution >= 0.6 is 0 Å². The normalized spacial score (nSPS) is 30.4. The largest absolute Gasteiger partial charge is 0.344 e. The molecule has 2 N–H and O–H groups in total. The van der Waals surface area contributed by atoms with E-state index in [1.54, 1.807) is 13.8 Å². The van der Waals surface area contributed by atoms with E-state index >= 15 is 0 Å². The first kappa shape index (κ1) is 24.2. The van der Waals surface area contributed by atoms with E-state index in [0.29, 0.717) is 45.3 Å². The van der Waals surface area contributed by atoms with E-state index < -0.39 is 12.1 Å². The van der Waals surface area contributed by atoms with Crippen molar-refractivity contribution >= 4 is 23.6 Å². The molecule has 1 aromatic carbocycles. The van der Waals surface area contributed by atoms with Gasteiger partial charge in [-0.2, -0.15) is 0 Å². The number of carbonyl (C=O) groups is 4. The molecule has 0 saturated carbocycles. The van der Waals surface area contributed by atoms with Gasteiger partial charge in [0.25, 0.3) is 0 Å². The highest BCUT2D eigenvalue weighted by Gasteiger charge is 2.44. The second-order valence-electron chi connectivity index (χ2n) is 10.1. The average Bonchev–Trinajstić information content (AvgIpc) is 2.82. The van der Waals surface area contributed by atoms with E-state index in [1.165, 1.54) is 0 Å². The Morgan fingerprint density at radius 2 is 1.82 bits per heavy atom. The minimum absolute atomic E-state index is 0.0219. The lowest BCUT2D eigenvalue weighted by atomic mass is 9.77. The highest BCUT2D eigenvalue weighted by Crippen LogP contribution is 2.36. The Morgan fingerprint density at radius 1 is 1.06 bits per heavy atom. The number of carbonyl (C=O) groups excluding carboxylic acids is 4. The van der Waals surface area contributed by atoms with Gasteiger partial charge in [-0.3, -0.25) is 19.2 Å². The molecule has 0 aromatic heterocycles. The molecule has 3 aliphatic rings. The third-order valence-electron chi connectivity index (χ3n) is 7.55. The van der Waals surface area contributed by atoms with Crippen LogP contribution in [0.4, 0.5) is 0 Å². The maximum Gasteiger partial charge on any atom is 0.245 e. The summed E-state index contributed by atoms with van der Waals surface area (Å²) >= 11 is 0. The monoisotopic (exact) mass is 468 g/mol. The van der Waals surface area contributed by atoms with Gasteiger partial charge in [0.1, 0.15) is 12.1 Å². The van der Waals surface area contributed by atoms with Crippen LogP contribution in [-0.4, -0.2) is 71.2 Å². The van der Waals surface area contributed by atoms with E-state index in [2.05, 4.69) is 10.6 Å². The zero-order valence-corrected chi connectivity index (χ0v) is 20.2. The third-order valence-corrected chi connectivity index (χ3v) is 7.55. The zero-order valence-electron chi connectivity index (χ0n) is 20.2. The summed E-state index contributed by atoms with van der Waals surface area (Å²) in [5.74, 6) is -0.000102. The van der Waals surface area contributed by atoms with Gasteiger partial charge in [0, 0.05) is 39.0 Å². The van der Waals surface area contributed by atoms with Gasteiger partial charge in [-0.1, -0.05) is 30.3 Å². The first-order chi connectivity index (χ1) is 16.3. The van der Waals surface area contributed by atoms with Crippen molar-refractivity contribution in [1.82, 2.24) is 20.4 Å². The molecule has 2 bridgehead atoms. The van der Waals surface area contributed by atoms with Crippen molar-refractivity contribution in [2.24, 2.45) is 11.8 Å². The van der Waals surface area contributed by atoms with Crippen LogP contribution in [0.2, 0.25) is 0 Å². The van der Waals surface area contributed by atoms with Crippen molar-refractivity contribution in [1.29, 1.82) is 0 Å². The van der Waals surface area contributed by atoms with Crippen molar-refractivity contribution in [3.63, 3.8) is 0 Å². The second-order valence-corrected chi connectivity index (χ2v) is 10.1. The molecule has 3 aliphatic heterocycles. The molecule has 4 amide bonds. The first-order valence-corrected chi connectivity index (χ1v) is 12.5. The molecule has 0 aliphatic carbocycles. The third kappa shape index (κ3) is 5.59. The molecular formula is C26H36N4O4. The highest BCUT2D eigenvalue weighted by molar-refractivity contribution is 5.92. The molecule has 4 rings (SSSR count). The summed E-state index contributed by atoms with van der Waals surface area (Å²) in [5.41, 5.74) is 1.10. The Hall–Kier alpha value is -2.90. The molecule has 3 fully saturated rings. The fourth-order valence-electron chi connectivity index (χ4n) is 5.81. The van der Waals surface area contributed by atoms with Gasteiger partial charge in [-0.05, 0) is 56.4 Å². The zero-order chi connectivity index (χ0) is 24.2. The van der Waals surface area contributed by atoms with Gasteiger partial charge in [0.05, 0.1) is 0 Å². The molecule has 5 atom stereocenters. The summed E-state index contributed by atoms with van der Waals surface area (Å²) in [4.78, 5) is 55.1. The van der Waals surface area contributed by atoms with Gasteiger partial charge in [-0.15, -0.1) is 0 Å². The molecule has 3 heterocycles. The van der Waals surface area contributed by atoms with Gasteiger partial charge < -0.3 is 20.4 Å². The van der Waals surface area contributed by atoms with Gasteiger partial charge in [0.15, 0.2) is 0 Å². The Kier molecular flexibility index (Phi) is 7.54. The molecule has 0 spiro atoms. The molecule has 8 nitrogen and oxygen atoms in total. The van der Waals surface area contributed by atoms with Crippen molar-refractivity contribution in [2.45, 2.75) is 70.5 Å². The number of benzene rings is 1. The van der Waals surface area contributed by atoms with Gasteiger partial charge in [0.2, 0.25) is 23.6 Å². The number of amides is 4. The lowest BCUT2D eigenvalue weighted by Crippen LogP contribution is -2.63. The Labute approximate surface area is 201 Å². The maximum atomic E-state index is 13.5. The van der Waals surface area contributed by atoms with Crippen LogP contribution in [0.1, 0.15) is 51.5 Å². The minimum atomic E-state index is -0.678. The predicted octanol–water partition coefficient (Wildman–Crippen LogP) is 1.49. The fraction of sp³-hybridized carbons (Fsp3) is 0.615. The number of hydrogen-bond donors (Lipinski definition) is 2. The van der Waals surface area contributed by atoms with Crippen molar-refractivity contribution in [3.05, 3.63) is 35.9 Å². The number of aryl methyl sites for hydroxylation is 1.